The van der Waals surface area contributed by atoms with Crippen molar-refractivity contribution in [2.75, 3.05) is 6.61 Å². The second kappa shape index (κ2) is 4.34. The Balaban J connectivity index is 2.15. The van der Waals surface area contributed by atoms with Gasteiger partial charge in [0.15, 0.2) is 14.6 Å². The van der Waals surface area contributed by atoms with Gasteiger partial charge in [0.1, 0.15) is 0 Å². The van der Waals surface area contributed by atoms with Crippen molar-refractivity contribution in [3.63, 3.8) is 0 Å². The van der Waals surface area contributed by atoms with E-state index < -0.39 is 20.6 Å². The SMILES string of the molecule is O=C1OC[C@H]2CCCC[C@@]12S(=O)(=O)c1ccccc1. The molecule has 0 amide bonds. The quantitative estimate of drug-likeness (QED) is 0.777. The molecule has 1 saturated carbocycles. The fourth-order valence-electron chi connectivity index (χ4n) is 3.27. The highest BCUT2D eigenvalue weighted by molar-refractivity contribution is 7.93. The molecule has 4 nitrogen and oxygen atoms in total. The topological polar surface area (TPSA) is 60.4 Å². The second-order valence-corrected chi connectivity index (χ2v) is 7.45. The maximum atomic E-state index is 12.9. The van der Waals surface area contributed by atoms with Gasteiger partial charge in [0.25, 0.3) is 0 Å². The van der Waals surface area contributed by atoms with Gasteiger partial charge in [-0.1, -0.05) is 31.0 Å². The molecule has 19 heavy (non-hydrogen) atoms. The Labute approximate surface area is 112 Å². The van der Waals surface area contributed by atoms with Crippen LogP contribution in [-0.4, -0.2) is 25.7 Å². The molecule has 0 spiro atoms. The van der Waals surface area contributed by atoms with Crippen LogP contribution in [0.1, 0.15) is 25.7 Å². The van der Waals surface area contributed by atoms with E-state index in [4.69, 9.17) is 4.74 Å². The molecule has 3 rings (SSSR count). The lowest BCUT2D eigenvalue weighted by Crippen LogP contribution is -2.50. The summed E-state index contributed by atoms with van der Waals surface area (Å²) in [6.07, 6.45) is 2.86. The number of ether oxygens (including phenoxy) is 1. The van der Waals surface area contributed by atoms with Crippen LogP contribution in [0.15, 0.2) is 35.2 Å². The molecule has 102 valence electrons. The van der Waals surface area contributed by atoms with Crippen molar-refractivity contribution in [3.05, 3.63) is 30.3 Å². The lowest BCUT2D eigenvalue weighted by atomic mass is 9.80. The molecule has 1 aliphatic heterocycles. The van der Waals surface area contributed by atoms with E-state index in [1.54, 1.807) is 30.3 Å². The Hall–Kier alpha value is -1.36. The van der Waals surface area contributed by atoms with Crippen LogP contribution < -0.4 is 0 Å². The summed E-state index contributed by atoms with van der Waals surface area (Å²) in [5, 5.41) is 0. The fraction of sp³-hybridized carbons (Fsp3) is 0.500. The van der Waals surface area contributed by atoms with Gasteiger partial charge in [0.2, 0.25) is 0 Å². The molecule has 2 atom stereocenters. The maximum absolute atomic E-state index is 12.9. The first-order valence-electron chi connectivity index (χ1n) is 6.56. The van der Waals surface area contributed by atoms with Gasteiger partial charge >= 0.3 is 5.97 Å². The summed E-state index contributed by atoms with van der Waals surface area (Å²) in [6.45, 7) is 0.241. The molecular weight excluding hydrogens is 264 g/mol. The van der Waals surface area contributed by atoms with Crippen LogP contribution in [0.25, 0.3) is 0 Å². The van der Waals surface area contributed by atoms with Gasteiger partial charge in [-0.3, -0.25) is 4.79 Å². The number of cyclic esters (lactones) is 1. The van der Waals surface area contributed by atoms with E-state index in [1.807, 2.05) is 0 Å². The standard InChI is InChI=1S/C14H16O4S/c15-13-14(9-5-4-6-11(14)10-18-13)19(16,17)12-7-2-1-3-8-12/h1-3,7-8,11H,4-6,9-10H2/t11-,14+/m1/s1. The van der Waals surface area contributed by atoms with Gasteiger partial charge < -0.3 is 4.74 Å². The number of carbonyl (C=O) groups excluding carboxylic acids is 1. The van der Waals surface area contributed by atoms with E-state index >= 15 is 0 Å². The smallest absolute Gasteiger partial charge is 0.328 e. The van der Waals surface area contributed by atoms with Crippen molar-refractivity contribution in [1.82, 2.24) is 0 Å². The van der Waals surface area contributed by atoms with Crippen molar-refractivity contribution in [2.24, 2.45) is 5.92 Å². The summed E-state index contributed by atoms with van der Waals surface area (Å²) in [5.74, 6) is -0.750. The molecule has 1 heterocycles. The van der Waals surface area contributed by atoms with E-state index in [-0.39, 0.29) is 17.4 Å². The number of benzene rings is 1. The largest absolute Gasteiger partial charge is 0.464 e. The summed E-state index contributed by atoms with van der Waals surface area (Å²) in [7, 11) is -3.68. The Morgan fingerprint density at radius 1 is 1.16 bits per heavy atom. The molecule has 0 aromatic heterocycles. The minimum atomic E-state index is -3.68. The molecule has 0 unspecified atom stereocenters. The Morgan fingerprint density at radius 3 is 2.63 bits per heavy atom. The van der Waals surface area contributed by atoms with Crippen LogP contribution in [0.4, 0.5) is 0 Å². The van der Waals surface area contributed by atoms with Gasteiger partial charge in [0, 0.05) is 5.92 Å². The number of esters is 1. The van der Waals surface area contributed by atoms with Crippen LogP contribution in [-0.2, 0) is 19.4 Å². The Morgan fingerprint density at radius 2 is 1.89 bits per heavy atom. The highest BCUT2D eigenvalue weighted by Crippen LogP contribution is 2.47. The number of carbonyl (C=O) groups is 1. The summed E-state index contributed by atoms with van der Waals surface area (Å²) >= 11 is 0. The predicted molar refractivity (Wildman–Crippen MR) is 69.3 cm³/mol. The summed E-state index contributed by atoms with van der Waals surface area (Å²) in [4.78, 5) is 12.4. The first-order valence-corrected chi connectivity index (χ1v) is 8.04. The summed E-state index contributed by atoms with van der Waals surface area (Å²) in [5.41, 5.74) is 0. The molecule has 2 fully saturated rings. The monoisotopic (exact) mass is 280 g/mol. The highest BCUT2D eigenvalue weighted by atomic mass is 32.2. The van der Waals surface area contributed by atoms with Crippen LogP contribution in [0, 0.1) is 5.92 Å². The zero-order valence-electron chi connectivity index (χ0n) is 10.5. The maximum Gasteiger partial charge on any atom is 0.328 e. The number of hydrogen-bond donors (Lipinski definition) is 0. The van der Waals surface area contributed by atoms with Crippen molar-refractivity contribution in [1.29, 1.82) is 0 Å². The second-order valence-electron chi connectivity index (χ2n) is 5.25. The van der Waals surface area contributed by atoms with Gasteiger partial charge in [-0.25, -0.2) is 8.42 Å². The number of fused-ring (bicyclic) bond motifs is 1. The molecule has 1 aromatic carbocycles. The van der Waals surface area contributed by atoms with Crippen molar-refractivity contribution >= 4 is 15.8 Å². The molecule has 2 aliphatic rings. The van der Waals surface area contributed by atoms with Gasteiger partial charge in [-0.2, -0.15) is 0 Å². The Kier molecular flexibility index (Phi) is 2.89. The van der Waals surface area contributed by atoms with Crippen LogP contribution >= 0.6 is 0 Å². The van der Waals surface area contributed by atoms with Crippen molar-refractivity contribution < 1.29 is 17.9 Å². The lowest BCUT2D eigenvalue weighted by molar-refractivity contribution is -0.140. The summed E-state index contributed by atoms with van der Waals surface area (Å²) in [6, 6.07) is 8.24. The van der Waals surface area contributed by atoms with E-state index in [9.17, 15) is 13.2 Å². The molecule has 5 heteroatoms. The van der Waals surface area contributed by atoms with E-state index in [0.717, 1.165) is 19.3 Å². The van der Waals surface area contributed by atoms with E-state index in [0.29, 0.717) is 6.42 Å². The normalized spacial score (nSPS) is 30.7. The lowest BCUT2D eigenvalue weighted by Gasteiger charge is -2.34. The first kappa shape index (κ1) is 12.7. The third kappa shape index (κ3) is 1.64. The van der Waals surface area contributed by atoms with Gasteiger partial charge in [0.05, 0.1) is 11.5 Å². The predicted octanol–water partition coefficient (Wildman–Crippen LogP) is 1.95. The molecule has 1 aromatic rings. The van der Waals surface area contributed by atoms with Crippen molar-refractivity contribution in [2.45, 2.75) is 35.3 Å². The van der Waals surface area contributed by atoms with Gasteiger partial charge in [-0.05, 0) is 25.0 Å². The minimum absolute atomic E-state index is 0.195. The van der Waals surface area contributed by atoms with E-state index in [2.05, 4.69) is 0 Å². The third-order valence-corrected chi connectivity index (χ3v) is 6.86. The molecule has 1 aliphatic carbocycles. The van der Waals surface area contributed by atoms with Crippen LogP contribution in [0.2, 0.25) is 0 Å². The average Bonchev–Trinajstić information content (AvgIpc) is 2.79. The zero-order chi connectivity index (χ0) is 13.5. The molecule has 1 saturated heterocycles. The first-order chi connectivity index (χ1) is 9.09. The van der Waals surface area contributed by atoms with Crippen molar-refractivity contribution in [3.8, 4) is 0 Å². The van der Waals surface area contributed by atoms with E-state index in [1.165, 1.54) is 0 Å². The number of hydrogen-bond acceptors (Lipinski definition) is 4. The zero-order valence-corrected chi connectivity index (χ0v) is 11.4. The number of sulfone groups is 1. The van der Waals surface area contributed by atoms with Gasteiger partial charge in [-0.15, -0.1) is 0 Å². The minimum Gasteiger partial charge on any atom is -0.464 e. The fourth-order valence-corrected chi connectivity index (χ4v) is 5.53. The summed E-state index contributed by atoms with van der Waals surface area (Å²) < 4.78 is 29.6. The molecule has 0 bridgehead atoms. The van der Waals surface area contributed by atoms with Crippen LogP contribution in [0.3, 0.4) is 0 Å². The molecular formula is C14H16O4S. The highest BCUT2D eigenvalue weighted by Gasteiger charge is 2.62. The third-order valence-electron chi connectivity index (χ3n) is 4.30. The Bertz CT molecular complexity index is 593. The number of rotatable bonds is 2. The molecule has 0 radical (unpaired) electrons. The average molecular weight is 280 g/mol. The van der Waals surface area contributed by atoms with Crippen LogP contribution in [0.5, 0.6) is 0 Å². The molecule has 0 N–H and O–H groups in total.